The minimum atomic E-state index is 0.158. The SMILES string of the molecule is COc1ccc(C2CC2C(=O)NC(C)C)cc1. The molecule has 0 bridgehead atoms. The second kappa shape index (κ2) is 4.78. The van der Waals surface area contributed by atoms with Gasteiger partial charge in [0.05, 0.1) is 7.11 Å². The Morgan fingerprint density at radius 3 is 2.53 bits per heavy atom. The molecule has 0 heterocycles. The third-order valence-electron chi connectivity index (χ3n) is 3.10. The monoisotopic (exact) mass is 233 g/mol. The zero-order valence-corrected chi connectivity index (χ0v) is 10.6. The molecule has 0 aliphatic heterocycles. The molecule has 1 N–H and O–H groups in total. The van der Waals surface area contributed by atoms with Crippen molar-refractivity contribution in [2.24, 2.45) is 5.92 Å². The molecule has 0 aromatic heterocycles. The molecule has 1 aliphatic rings. The van der Waals surface area contributed by atoms with Crippen molar-refractivity contribution in [3.63, 3.8) is 0 Å². The minimum absolute atomic E-state index is 0.158. The lowest BCUT2D eigenvalue weighted by Gasteiger charge is -2.08. The number of hydrogen-bond donors (Lipinski definition) is 1. The molecule has 1 aliphatic carbocycles. The molecule has 0 radical (unpaired) electrons. The summed E-state index contributed by atoms with van der Waals surface area (Å²) in [6, 6.07) is 8.22. The van der Waals surface area contributed by atoms with Gasteiger partial charge in [-0.3, -0.25) is 4.79 Å². The average molecular weight is 233 g/mol. The molecule has 2 unspecified atom stereocenters. The van der Waals surface area contributed by atoms with Crippen molar-refractivity contribution in [1.82, 2.24) is 5.32 Å². The van der Waals surface area contributed by atoms with E-state index in [-0.39, 0.29) is 17.9 Å². The molecule has 2 rings (SSSR count). The number of hydrogen-bond acceptors (Lipinski definition) is 2. The second-order valence-electron chi connectivity index (χ2n) is 4.89. The maximum Gasteiger partial charge on any atom is 0.223 e. The van der Waals surface area contributed by atoms with E-state index in [9.17, 15) is 4.79 Å². The van der Waals surface area contributed by atoms with Crippen LogP contribution in [0.15, 0.2) is 24.3 Å². The van der Waals surface area contributed by atoms with Crippen LogP contribution in [0, 0.1) is 5.92 Å². The van der Waals surface area contributed by atoms with Crippen molar-refractivity contribution in [2.75, 3.05) is 7.11 Å². The van der Waals surface area contributed by atoms with Crippen molar-refractivity contribution < 1.29 is 9.53 Å². The van der Waals surface area contributed by atoms with Gasteiger partial charge in [-0.2, -0.15) is 0 Å². The number of carbonyl (C=O) groups excluding carboxylic acids is 1. The predicted octanol–water partition coefficient (Wildman–Crippen LogP) is 2.32. The fourth-order valence-corrected chi connectivity index (χ4v) is 2.10. The summed E-state index contributed by atoms with van der Waals surface area (Å²) in [5, 5.41) is 2.96. The number of benzene rings is 1. The first-order chi connectivity index (χ1) is 8.11. The van der Waals surface area contributed by atoms with Crippen LogP contribution in [0.25, 0.3) is 0 Å². The van der Waals surface area contributed by atoms with Gasteiger partial charge >= 0.3 is 0 Å². The lowest BCUT2D eigenvalue weighted by Crippen LogP contribution is -2.31. The first kappa shape index (κ1) is 12.0. The zero-order valence-electron chi connectivity index (χ0n) is 10.6. The van der Waals surface area contributed by atoms with Gasteiger partial charge in [0.1, 0.15) is 5.75 Å². The van der Waals surface area contributed by atoms with Gasteiger partial charge in [-0.05, 0) is 43.9 Å². The average Bonchev–Trinajstić information content (AvgIpc) is 3.08. The molecule has 92 valence electrons. The molecule has 0 saturated heterocycles. The van der Waals surface area contributed by atoms with Gasteiger partial charge in [0.15, 0.2) is 0 Å². The fourth-order valence-electron chi connectivity index (χ4n) is 2.10. The van der Waals surface area contributed by atoms with Crippen molar-refractivity contribution >= 4 is 5.91 Å². The summed E-state index contributed by atoms with van der Waals surface area (Å²) in [5.74, 6) is 1.59. The smallest absolute Gasteiger partial charge is 0.223 e. The van der Waals surface area contributed by atoms with Gasteiger partial charge in [-0.25, -0.2) is 0 Å². The summed E-state index contributed by atoms with van der Waals surface area (Å²) in [6.45, 7) is 3.98. The summed E-state index contributed by atoms with van der Waals surface area (Å²) in [7, 11) is 1.66. The summed E-state index contributed by atoms with van der Waals surface area (Å²) in [5.41, 5.74) is 1.23. The molecule has 3 nitrogen and oxygen atoms in total. The van der Waals surface area contributed by atoms with E-state index in [1.165, 1.54) is 5.56 Å². The van der Waals surface area contributed by atoms with Crippen molar-refractivity contribution in [3.05, 3.63) is 29.8 Å². The van der Waals surface area contributed by atoms with Crippen LogP contribution in [0.4, 0.5) is 0 Å². The molecule has 3 heteroatoms. The lowest BCUT2D eigenvalue weighted by atomic mass is 10.1. The normalized spacial score (nSPS) is 22.4. The Kier molecular flexibility index (Phi) is 3.36. The van der Waals surface area contributed by atoms with Gasteiger partial charge in [0.2, 0.25) is 5.91 Å². The predicted molar refractivity (Wildman–Crippen MR) is 67.1 cm³/mol. The highest BCUT2D eigenvalue weighted by molar-refractivity contribution is 5.83. The van der Waals surface area contributed by atoms with Gasteiger partial charge in [-0.15, -0.1) is 0 Å². The first-order valence-corrected chi connectivity index (χ1v) is 6.06. The number of amides is 1. The summed E-state index contributed by atoms with van der Waals surface area (Å²) in [6.07, 6.45) is 0.963. The van der Waals surface area contributed by atoms with Crippen LogP contribution in [0.2, 0.25) is 0 Å². The van der Waals surface area contributed by atoms with Crippen molar-refractivity contribution in [1.29, 1.82) is 0 Å². The van der Waals surface area contributed by atoms with E-state index < -0.39 is 0 Å². The minimum Gasteiger partial charge on any atom is -0.497 e. The van der Waals surface area contributed by atoms with Crippen LogP contribution in [0.3, 0.4) is 0 Å². The molecular formula is C14H19NO2. The van der Waals surface area contributed by atoms with E-state index in [1.807, 2.05) is 38.1 Å². The van der Waals surface area contributed by atoms with Crippen LogP contribution in [-0.4, -0.2) is 19.1 Å². The van der Waals surface area contributed by atoms with Crippen LogP contribution < -0.4 is 10.1 Å². The topological polar surface area (TPSA) is 38.3 Å². The maximum atomic E-state index is 11.8. The van der Waals surface area contributed by atoms with Crippen LogP contribution in [0.5, 0.6) is 5.75 Å². The van der Waals surface area contributed by atoms with E-state index >= 15 is 0 Å². The number of rotatable bonds is 4. The Bertz CT molecular complexity index is 397. The van der Waals surface area contributed by atoms with Crippen molar-refractivity contribution in [3.8, 4) is 5.75 Å². The molecule has 2 atom stereocenters. The number of nitrogens with one attached hydrogen (secondary N) is 1. The van der Waals surface area contributed by atoms with E-state index in [4.69, 9.17) is 4.74 Å². The molecule has 1 aromatic carbocycles. The third-order valence-corrected chi connectivity index (χ3v) is 3.10. The summed E-state index contributed by atoms with van der Waals surface area (Å²) < 4.78 is 5.12. The highest BCUT2D eigenvalue weighted by Crippen LogP contribution is 2.47. The molecule has 0 spiro atoms. The summed E-state index contributed by atoms with van der Waals surface area (Å²) in [4.78, 5) is 11.8. The van der Waals surface area contributed by atoms with Crippen molar-refractivity contribution in [2.45, 2.75) is 32.2 Å². The maximum absolute atomic E-state index is 11.8. The molecule has 1 saturated carbocycles. The number of ether oxygens (including phenoxy) is 1. The van der Waals surface area contributed by atoms with Crippen LogP contribution >= 0.6 is 0 Å². The molecule has 1 fully saturated rings. The van der Waals surface area contributed by atoms with Gasteiger partial charge in [0.25, 0.3) is 0 Å². The second-order valence-corrected chi connectivity index (χ2v) is 4.89. The highest BCUT2D eigenvalue weighted by Gasteiger charge is 2.43. The van der Waals surface area contributed by atoms with Gasteiger partial charge in [-0.1, -0.05) is 12.1 Å². The van der Waals surface area contributed by atoms with E-state index in [0.29, 0.717) is 5.92 Å². The Hall–Kier alpha value is -1.51. The highest BCUT2D eigenvalue weighted by atomic mass is 16.5. The molecular weight excluding hydrogens is 214 g/mol. The Balaban J connectivity index is 1.95. The van der Waals surface area contributed by atoms with E-state index in [1.54, 1.807) is 7.11 Å². The zero-order chi connectivity index (χ0) is 12.4. The summed E-state index contributed by atoms with van der Waals surface area (Å²) >= 11 is 0. The van der Waals surface area contributed by atoms with Crippen LogP contribution in [0.1, 0.15) is 31.7 Å². The Morgan fingerprint density at radius 2 is 2.00 bits per heavy atom. The van der Waals surface area contributed by atoms with Gasteiger partial charge < -0.3 is 10.1 Å². The van der Waals surface area contributed by atoms with E-state index in [2.05, 4.69) is 5.32 Å². The van der Waals surface area contributed by atoms with Gasteiger partial charge in [0, 0.05) is 12.0 Å². The molecule has 1 amide bonds. The lowest BCUT2D eigenvalue weighted by molar-refractivity contribution is -0.122. The number of methoxy groups -OCH3 is 1. The fraction of sp³-hybridized carbons (Fsp3) is 0.500. The van der Waals surface area contributed by atoms with E-state index in [0.717, 1.165) is 12.2 Å². The quantitative estimate of drug-likeness (QED) is 0.866. The van der Waals surface area contributed by atoms with Crippen LogP contribution in [-0.2, 0) is 4.79 Å². The third kappa shape index (κ3) is 2.78. The number of carbonyl (C=O) groups is 1. The first-order valence-electron chi connectivity index (χ1n) is 6.06. The molecule has 17 heavy (non-hydrogen) atoms. The largest absolute Gasteiger partial charge is 0.497 e. The Labute approximate surface area is 102 Å². The standard InChI is InChI=1S/C14H19NO2/c1-9(2)15-14(16)13-8-12(13)10-4-6-11(17-3)7-5-10/h4-7,9,12-13H,8H2,1-3H3,(H,15,16). The Morgan fingerprint density at radius 1 is 1.35 bits per heavy atom. The molecule has 1 aromatic rings.